The smallest absolute Gasteiger partial charge is 0.278 e. The quantitative estimate of drug-likeness (QED) is 0.700. The minimum atomic E-state index is -0.465. The molecule has 1 N–H and O–H groups in total. The van der Waals surface area contributed by atoms with Crippen LogP contribution >= 0.6 is 11.6 Å². The average molecular weight is 423 g/mol. The van der Waals surface area contributed by atoms with E-state index >= 15 is 0 Å². The summed E-state index contributed by atoms with van der Waals surface area (Å²) in [5, 5.41) is 7.38. The SMILES string of the molecule is C[C@H]1Cc2ccccc2N1C(=O)c1ccc(=O)n(CC(=O)Nc2ccc(Cl)cc2)n1. The second kappa shape index (κ2) is 8.12. The lowest BCUT2D eigenvalue weighted by Gasteiger charge is -2.22. The lowest BCUT2D eigenvalue weighted by molar-refractivity contribution is -0.117. The molecule has 1 aromatic heterocycles. The van der Waals surface area contributed by atoms with Gasteiger partial charge in [-0.15, -0.1) is 0 Å². The summed E-state index contributed by atoms with van der Waals surface area (Å²) >= 11 is 5.84. The monoisotopic (exact) mass is 422 g/mol. The number of para-hydroxylation sites is 1. The van der Waals surface area contributed by atoms with Crippen molar-refractivity contribution in [2.75, 3.05) is 10.2 Å². The van der Waals surface area contributed by atoms with Crippen LogP contribution < -0.4 is 15.8 Å². The van der Waals surface area contributed by atoms with E-state index < -0.39 is 11.5 Å². The Morgan fingerprint density at radius 1 is 1.10 bits per heavy atom. The van der Waals surface area contributed by atoms with Crippen molar-refractivity contribution in [3.8, 4) is 0 Å². The predicted octanol–water partition coefficient (Wildman–Crippen LogP) is 3.13. The van der Waals surface area contributed by atoms with Crippen molar-refractivity contribution in [3.63, 3.8) is 0 Å². The van der Waals surface area contributed by atoms with Crippen LogP contribution in [-0.4, -0.2) is 27.6 Å². The largest absolute Gasteiger partial charge is 0.324 e. The molecule has 8 heteroatoms. The van der Waals surface area contributed by atoms with E-state index in [2.05, 4.69) is 10.4 Å². The molecule has 7 nitrogen and oxygen atoms in total. The molecule has 0 saturated carbocycles. The zero-order valence-electron chi connectivity index (χ0n) is 16.2. The summed E-state index contributed by atoms with van der Waals surface area (Å²) in [4.78, 5) is 39.3. The Morgan fingerprint density at radius 3 is 2.60 bits per heavy atom. The molecule has 152 valence electrons. The Kier molecular flexibility index (Phi) is 5.37. The van der Waals surface area contributed by atoms with Gasteiger partial charge < -0.3 is 10.2 Å². The van der Waals surface area contributed by atoms with Crippen LogP contribution in [0.5, 0.6) is 0 Å². The topological polar surface area (TPSA) is 84.3 Å². The van der Waals surface area contributed by atoms with Gasteiger partial charge in [0.1, 0.15) is 12.2 Å². The number of nitrogens with zero attached hydrogens (tertiary/aromatic N) is 3. The third-order valence-corrected chi connectivity index (χ3v) is 5.19. The summed E-state index contributed by atoms with van der Waals surface area (Å²) in [6, 6.07) is 16.9. The van der Waals surface area contributed by atoms with Crippen molar-refractivity contribution < 1.29 is 9.59 Å². The van der Waals surface area contributed by atoms with Crippen molar-refractivity contribution >= 4 is 34.8 Å². The Balaban J connectivity index is 1.54. The number of anilines is 2. The zero-order valence-corrected chi connectivity index (χ0v) is 17.0. The van der Waals surface area contributed by atoms with Crippen molar-refractivity contribution in [1.82, 2.24) is 9.78 Å². The molecule has 0 bridgehead atoms. The van der Waals surface area contributed by atoms with Crippen LogP contribution in [0.2, 0.25) is 5.02 Å². The van der Waals surface area contributed by atoms with E-state index in [9.17, 15) is 14.4 Å². The number of halogens is 1. The minimum absolute atomic E-state index is 0.0229. The predicted molar refractivity (Wildman–Crippen MR) is 115 cm³/mol. The summed E-state index contributed by atoms with van der Waals surface area (Å²) in [5.74, 6) is -0.740. The molecule has 1 aliphatic rings. The van der Waals surface area contributed by atoms with Crippen LogP contribution in [0.3, 0.4) is 0 Å². The lowest BCUT2D eigenvalue weighted by Crippen LogP contribution is -2.38. The van der Waals surface area contributed by atoms with Gasteiger partial charge in [0.15, 0.2) is 0 Å². The Labute approximate surface area is 177 Å². The minimum Gasteiger partial charge on any atom is -0.324 e. The maximum atomic E-state index is 13.1. The van der Waals surface area contributed by atoms with E-state index in [0.29, 0.717) is 10.7 Å². The molecule has 2 heterocycles. The summed E-state index contributed by atoms with van der Waals surface area (Å²) in [7, 11) is 0. The second-order valence-corrected chi connectivity index (χ2v) is 7.56. The number of carbonyl (C=O) groups is 2. The highest BCUT2D eigenvalue weighted by Crippen LogP contribution is 2.32. The normalized spacial score (nSPS) is 15.0. The molecule has 2 amide bonds. The number of fused-ring (bicyclic) bond motifs is 1. The Hall–Kier alpha value is -3.45. The molecule has 2 aromatic carbocycles. The molecular formula is C22H19ClN4O3. The molecular weight excluding hydrogens is 404 g/mol. The van der Waals surface area contributed by atoms with Gasteiger partial charge in [0.05, 0.1) is 0 Å². The summed E-state index contributed by atoms with van der Waals surface area (Å²) < 4.78 is 0.991. The lowest BCUT2D eigenvalue weighted by atomic mass is 10.1. The number of benzene rings is 2. The van der Waals surface area contributed by atoms with Gasteiger partial charge in [-0.1, -0.05) is 29.8 Å². The molecule has 0 saturated heterocycles. The number of rotatable bonds is 4. The van der Waals surface area contributed by atoms with Gasteiger partial charge in [-0.2, -0.15) is 5.10 Å². The molecule has 1 aliphatic heterocycles. The van der Waals surface area contributed by atoms with E-state index in [4.69, 9.17) is 11.6 Å². The second-order valence-electron chi connectivity index (χ2n) is 7.13. The molecule has 0 spiro atoms. The van der Waals surface area contributed by atoms with Crippen molar-refractivity contribution in [2.45, 2.75) is 25.9 Å². The fourth-order valence-corrected chi connectivity index (χ4v) is 3.67. The standard InChI is InChI=1S/C22H19ClN4O3/c1-14-12-15-4-2-3-5-19(15)27(14)22(30)18-10-11-21(29)26(25-18)13-20(28)24-17-8-6-16(23)7-9-17/h2-11,14H,12-13H2,1H3,(H,24,28)/t14-/m0/s1. The summed E-state index contributed by atoms with van der Waals surface area (Å²) in [5.41, 5.74) is 2.13. The van der Waals surface area contributed by atoms with E-state index in [1.807, 2.05) is 31.2 Å². The molecule has 3 aromatic rings. The number of nitrogens with one attached hydrogen (secondary N) is 1. The van der Waals surface area contributed by atoms with Gasteiger partial charge in [-0.25, -0.2) is 4.68 Å². The average Bonchev–Trinajstić information content (AvgIpc) is 3.06. The fourth-order valence-electron chi connectivity index (χ4n) is 3.54. The maximum absolute atomic E-state index is 13.1. The first-order valence-electron chi connectivity index (χ1n) is 9.47. The number of aromatic nitrogens is 2. The molecule has 0 fully saturated rings. The number of hydrogen-bond acceptors (Lipinski definition) is 4. The third-order valence-electron chi connectivity index (χ3n) is 4.93. The highest BCUT2D eigenvalue weighted by molar-refractivity contribution is 6.30. The van der Waals surface area contributed by atoms with Gasteiger partial charge in [-0.3, -0.25) is 14.4 Å². The van der Waals surface area contributed by atoms with Crippen LogP contribution in [0.15, 0.2) is 65.5 Å². The fraction of sp³-hybridized carbons (Fsp3) is 0.182. The van der Waals surface area contributed by atoms with Gasteiger partial charge in [0, 0.05) is 28.5 Å². The highest BCUT2D eigenvalue weighted by atomic mass is 35.5. The van der Waals surface area contributed by atoms with Crippen molar-refractivity contribution in [3.05, 3.63) is 87.3 Å². The molecule has 0 aliphatic carbocycles. The van der Waals surface area contributed by atoms with E-state index in [0.717, 1.165) is 22.4 Å². The number of hydrogen-bond donors (Lipinski definition) is 1. The first kappa shape index (κ1) is 19.8. The van der Waals surface area contributed by atoms with Crippen LogP contribution in [0, 0.1) is 0 Å². The molecule has 0 radical (unpaired) electrons. The van der Waals surface area contributed by atoms with Gasteiger partial charge in [0.25, 0.3) is 11.5 Å². The van der Waals surface area contributed by atoms with Crippen LogP contribution in [0.1, 0.15) is 23.0 Å². The Morgan fingerprint density at radius 2 is 1.83 bits per heavy atom. The van der Waals surface area contributed by atoms with E-state index in [-0.39, 0.29) is 24.2 Å². The molecule has 4 rings (SSSR count). The third kappa shape index (κ3) is 3.97. The van der Waals surface area contributed by atoms with Gasteiger partial charge >= 0.3 is 0 Å². The van der Waals surface area contributed by atoms with E-state index in [1.165, 1.54) is 12.1 Å². The van der Waals surface area contributed by atoms with Gasteiger partial charge in [0.2, 0.25) is 5.91 Å². The first-order valence-corrected chi connectivity index (χ1v) is 9.85. The maximum Gasteiger partial charge on any atom is 0.278 e. The zero-order chi connectivity index (χ0) is 21.3. The molecule has 30 heavy (non-hydrogen) atoms. The molecule has 1 atom stereocenters. The number of carbonyl (C=O) groups excluding carboxylic acids is 2. The van der Waals surface area contributed by atoms with E-state index in [1.54, 1.807) is 29.2 Å². The van der Waals surface area contributed by atoms with Gasteiger partial charge in [-0.05, 0) is 55.3 Å². The van der Waals surface area contributed by atoms with Crippen LogP contribution in [-0.2, 0) is 17.8 Å². The van der Waals surface area contributed by atoms with Crippen LogP contribution in [0.4, 0.5) is 11.4 Å². The summed E-state index contributed by atoms with van der Waals surface area (Å²) in [6.45, 7) is 1.65. The molecule has 0 unspecified atom stereocenters. The van der Waals surface area contributed by atoms with Crippen molar-refractivity contribution in [2.24, 2.45) is 0 Å². The van der Waals surface area contributed by atoms with Crippen molar-refractivity contribution in [1.29, 1.82) is 0 Å². The first-order chi connectivity index (χ1) is 14.4. The van der Waals surface area contributed by atoms with Crippen LogP contribution in [0.25, 0.3) is 0 Å². The number of amides is 2. The Bertz CT molecular complexity index is 1170. The summed E-state index contributed by atoms with van der Waals surface area (Å²) in [6.07, 6.45) is 0.755. The highest BCUT2D eigenvalue weighted by Gasteiger charge is 2.32.